The zero-order valence-corrected chi connectivity index (χ0v) is 49.7. The number of hydrogen-bond donors (Lipinski definition) is 6. The van der Waals surface area contributed by atoms with Crippen molar-refractivity contribution in [3.05, 3.63) is 105 Å². The van der Waals surface area contributed by atoms with E-state index in [1.807, 2.05) is 42.5 Å². The number of H-pyrrole nitrogens is 1. The van der Waals surface area contributed by atoms with E-state index in [-0.39, 0.29) is 99.6 Å². The number of nitrogens with two attached hydrogens (primary N) is 1. The molecule has 24 heteroatoms. The first-order valence-electron chi connectivity index (χ1n) is 29.6. The molecule has 7 N–H and O–H groups in total. The van der Waals surface area contributed by atoms with Crippen molar-refractivity contribution in [2.75, 3.05) is 26.3 Å². The van der Waals surface area contributed by atoms with E-state index in [0.29, 0.717) is 59.5 Å². The highest BCUT2D eigenvalue weighted by atomic mass is 31.2. The van der Waals surface area contributed by atoms with Gasteiger partial charge in [-0.15, -0.1) is 0 Å². The van der Waals surface area contributed by atoms with E-state index in [4.69, 9.17) is 14.8 Å². The van der Waals surface area contributed by atoms with Crippen LogP contribution in [0, 0.1) is 11.8 Å². The number of aryl methyl sites for hydroxylation is 2. The standard InChI is InChI=1S/C61H77N10O13P/c1-6-83-85(82,84-7-2)60(80)41-19-21-44-42(31-41)32-46(64-44)55(75)66-47-34-69(58(78)40-17-10-36(11-18-40)8-9-37-14-23-48-51(30-37)68(5)61(81)71(48)50-25-27-53(73)67-57(50)77)29-28-43-20-24-49(70(43)59(47)79)56(76)65-45(22-26-52(62)72)54(74)63-33-38-12-15-39(16-13-38)35(3)4/h12-16,19,21,23,30-32,35-36,40,43,45,47,49-50,64H,6-11,17-18,20,22,24-29,33-34H2,1-5H3,(H2,62,72)(H,63,74)(H,65,76)(H,66,75)(H,67,73,77)/t36?,40?,43-,45+,47+,49+,50?/m1/s1. The number of aromatic nitrogens is 3. The highest BCUT2D eigenvalue weighted by Gasteiger charge is 2.47. The number of amides is 8. The largest absolute Gasteiger partial charge is 0.401 e. The molecule has 4 aliphatic rings. The number of primary amides is 1. The van der Waals surface area contributed by atoms with E-state index >= 15 is 4.79 Å². The lowest BCUT2D eigenvalue weighted by Crippen LogP contribution is -2.62. The molecule has 3 aliphatic heterocycles. The van der Waals surface area contributed by atoms with Gasteiger partial charge in [-0.3, -0.25) is 62.2 Å². The van der Waals surface area contributed by atoms with Gasteiger partial charge in [0, 0.05) is 67.9 Å². The minimum atomic E-state index is -4.18. The van der Waals surface area contributed by atoms with Gasteiger partial charge in [-0.1, -0.05) is 44.2 Å². The molecule has 1 aliphatic carbocycles. The fourth-order valence-corrected chi connectivity index (χ4v) is 13.9. The SMILES string of the molecule is CCOP(=O)(OCC)C(=O)c1ccc2[nH]c(C(=O)N[C@H]3CN(C(=O)C4CCC(CCc5ccc6c(c5)n(C)c(=O)n6C5CCC(=O)NC5=O)CC4)CC[C@H]4CC[C@@H](C(=O)N[C@@H](CCC(N)=O)C(=O)NCc5ccc(C(C)C)cc5)N4C3=O)cc2c1. The highest BCUT2D eigenvalue weighted by molar-refractivity contribution is 7.72. The molecule has 8 amide bonds. The van der Waals surface area contributed by atoms with E-state index in [1.165, 1.54) is 32.2 Å². The Kier molecular flexibility index (Phi) is 19.4. The van der Waals surface area contributed by atoms with Crippen LogP contribution in [0.5, 0.6) is 0 Å². The van der Waals surface area contributed by atoms with Gasteiger partial charge in [0.05, 0.1) is 24.2 Å². The lowest BCUT2D eigenvalue weighted by atomic mass is 9.79. The first-order valence-corrected chi connectivity index (χ1v) is 31.2. The maximum atomic E-state index is 15.2. The molecule has 9 rings (SSSR count). The molecule has 3 saturated heterocycles. The third-order valence-electron chi connectivity index (χ3n) is 17.2. The first-order chi connectivity index (χ1) is 40.7. The van der Waals surface area contributed by atoms with Crippen LogP contribution < -0.4 is 32.7 Å². The number of piperidine rings is 1. The van der Waals surface area contributed by atoms with Crippen LogP contribution in [-0.2, 0) is 67.2 Å². The van der Waals surface area contributed by atoms with Crippen molar-refractivity contribution in [2.24, 2.45) is 24.6 Å². The summed E-state index contributed by atoms with van der Waals surface area (Å²) in [7, 11) is -2.51. The molecule has 0 radical (unpaired) electrons. The number of nitrogens with zero attached hydrogens (tertiary/aromatic N) is 4. The molecule has 454 valence electrons. The topological polar surface area (TPSA) is 312 Å². The Balaban J connectivity index is 0.902. The minimum absolute atomic E-state index is 0.0180. The summed E-state index contributed by atoms with van der Waals surface area (Å²) in [5.74, 6) is -3.86. The Morgan fingerprint density at radius 3 is 2.22 bits per heavy atom. The number of rotatable bonds is 22. The fraction of sp³-hybridized carbons (Fsp3) is 0.508. The molecule has 3 aromatic carbocycles. The second kappa shape index (κ2) is 26.7. The quantitative estimate of drug-likeness (QED) is 0.0368. The minimum Gasteiger partial charge on any atom is -0.370 e. The fourth-order valence-electron chi connectivity index (χ4n) is 12.5. The predicted octanol–water partition coefficient (Wildman–Crippen LogP) is 5.52. The highest BCUT2D eigenvalue weighted by Crippen LogP contribution is 2.51. The van der Waals surface area contributed by atoms with Gasteiger partial charge in [-0.2, -0.15) is 0 Å². The molecule has 23 nitrogen and oxygen atoms in total. The molecular formula is C61H77N10O13P. The predicted molar refractivity (Wildman–Crippen MR) is 315 cm³/mol. The molecular weight excluding hydrogens is 1110 g/mol. The van der Waals surface area contributed by atoms with Crippen molar-refractivity contribution < 1.29 is 56.8 Å². The molecule has 5 heterocycles. The number of carbonyl (C=O) groups excluding carboxylic acids is 9. The Hall–Kier alpha value is -7.75. The summed E-state index contributed by atoms with van der Waals surface area (Å²) in [6.07, 6.45) is 5.35. The number of nitrogens with one attached hydrogen (secondary N) is 5. The third-order valence-corrected chi connectivity index (χ3v) is 19.2. The number of hydrogen-bond acceptors (Lipinski definition) is 13. The van der Waals surface area contributed by atoms with Crippen LogP contribution >= 0.6 is 7.60 Å². The van der Waals surface area contributed by atoms with Crippen LogP contribution in [0.4, 0.5) is 0 Å². The first kappa shape index (κ1) is 61.8. The number of imide groups is 1. The van der Waals surface area contributed by atoms with Crippen LogP contribution in [0.25, 0.3) is 21.9 Å². The molecule has 4 fully saturated rings. The molecule has 85 heavy (non-hydrogen) atoms. The van der Waals surface area contributed by atoms with Gasteiger partial charge >= 0.3 is 13.3 Å². The summed E-state index contributed by atoms with van der Waals surface area (Å²) >= 11 is 0. The lowest BCUT2D eigenvalue weighted by Gasteiger charge is -2.40. The van der Waals surface area contributed by atoms with Crippen LogP contribution in [0.2, 0.25) is 0 Å². The van der Waals surface area contributed by atoms with Crippen molar-refractivity contribution in [3.63, 3.8) is 0 Å². The molecule has 1 unspecified atom stereocenters. The average Bonchev–Trinajstić information content (AvgIpc) is 2.52. The smallest absolute Gasteiger partial charge is 0.370 e. The van der Waals surface area contributed by atoms with Crippen molar-refractivity contribution in [1.29, 1.82) is 0 Å². The van der Waals surface area contributed by atoms with Gasteiger partial charge in [0.25, 0.3) is 11.4 Å². The molecule has 2 aromatic heterocycles. The van der Waals surface area contributed by atoms with Gasteiger partial charge in [-0.05, 0) is 149 Å². The van der Waals surface area contributed by atoms with Gasteiger partial charge in [0.2, 0.25) is 41.4 Å². The maximum Gasteiger partial charge on any atom is 0.401 e. The summed E-state index contributed by atoms with van der Waals surface area (Å²) in [5, 5.41) is 11.3. The molecule has 5 aromatic rings. The van der Waals surface area contributed by atoms with Crippen molar-refractivity contribution >= 4 is 82.3 Å². The van der Waals surface area contributed by atoms with E-state index in [0.717, 1.165) is 42.4 Å². The second-order valence-corrected chi connectivity index (χ2v) is 25.1. The summed E-state index contributed by atoms with van der Waals surface area (Å²) in [5.41, 5.74) is 9.11. The van der Waals surface area contributed by atoms with Crippen LogP contribution in [0.1, 0.15) is 154 Å². The van der Waals surface area contributed by atoms with Crippen LogP contribution in [0.15, 0.2) is 71.5 Å². The Labute approximate surface area is 492 Å². The van der Waals surface area contributed by atoms with Gasteiger partial charge in [0.1, 0.15) is 29.9 Å². The molecule has 0 spiro atoms. The summed E-state index contributed by atoms with van der Waals surface area (Å²) < 4.78 is 27.0. The Morgan fingerprint density at radius 1 is 0.824 bits per heavy atom. The van der Waals surface area contributed by atoms with Crippen molar-refractivity contribution in [3.8, 4) is 0 Å². The molecule has 5 atom stereocenters. The Morgan fingerprint density at radius 2 is 1.54 bits per heavy atom. The maximum absolute atomic E-state index is 15.2. The van der Waals surface area contributed by atoms with Gasteiger partial charge in [-0.25, -0.2) is 4.79 Å². The van der Waals surface area contributed by atoms with Gasteiger partial charge < -0.3 is 45.5 Å². The van der Waals surface area contributed by atoms with Gasteiger partial charge in [0.15, 0.2) is 0 Å². The zero-order valence-electron chi connectivity index (χ0n) is 48.8. The van der Waals surface area contributed by atoms with Crippen LogP contribution in [0.3, 0.4) is 0 Å². The van der Waals surface area contributed by atoms with E-state index in [2.05, 4.69) is 40.1 Å². The summed E-state index contributed by atoms with van der Waals surface area (Å²) in [4.78, 5) is 142. The second-order valence-electron chi connectivity index (χ2n) is 23.2. The zero-order chi connectivity index (χ0) is 60.9. The van der Waals surface area contributed by atoms with E-state index < -0.39 is 78.8 Å². The van der Waals surface area contributed by atoms with Crippen molar-refractivity contribution in [2.45, 2.75) is 154 Å². The average molecular weight is 1190 g/mol. The van der Waals surface area contributed by atoms with E-state index in [1.54, 1.807) is 31.9 Å². The number of fused-ring (bicyclic) bond motifs is 3. The normalized spacial score (nSPS) is 21.5. The number of benzene rings is 3. The Bertz CT molecular complexity index is 3500. The third kappa shape index (κ3) is 13.8. The molecule has 1 saturated carbocycles. The van der Waals surface area contributed by atoms with Crippen LogP contribution in [-0.4, -0.2) is 127 Å². The van der Waals surface area contributed by atoms with Crippen molar-refractivity contribution in [1.82, 2.24) is 45.2 Å². The monoisotopic (exact) mass is 1190 g/mol. The van der Waals surface area contributed by atoms with E-state index in [9.17, 15) is 47.7 Å². The summed E-state index contributed by atoms with van der Waals surface area (Å²) in [6.45, 7) is 7.45. The number of imidazole rings is 1. The summed E-state index contributed by atoms with van der Waals surface area (Å²) in [6, 6.07) is 14.6. The number of carbonyl (C=O) groups is 9. The molecule has 0 bridgehead atoms. The lowest BCUT2D eigenvalue weighted by molar-refractivity contribution is -0.147. The number of aromatic amines is 1.